The normalized spacial score (nSPS) is 48.5. The van der Waals surface area contributed by atoms with Gasteiger partial charge in [-0.05, 0) is 80.5 Å². The molecular formula is C22H34O5S. The van der Waals surface area contributed by atoms with Gasteiger partial charge in [0.15, 0.2) is 0 Å². The van der Waals surface area contributed by atoms with Crippen LogP contribution in [0.4, 0.5) is 0 Å². The van der Waals surface area contributed by atoms with Crippen molar-refractivity contribution in [2.75, 3.05) is 6.26 Å². The van der Waals surface area contributed by atoms with Gasteiger partial charge >= 0.3 is 0 Å². The number of ketones is 2. The van der Waals surface area contributed by atoms with E-state index in [0.29, 0.717) is 36.4 Å². The smallest absolute Gasteiger partial charge is 0.264 e. The molecule has 0 amide bonds. The summed E-state index contributed by atoms with van der Waals surface area (Å²) in [5.41, 5.74) is -0.225. The average molecular weight is 411 g/mol. The molecule has 4 aliphatic carbocycles. The lowest BCUT2D eigenvalue weighted by Gasteiger charge is -2.59. The topological polar surface area (TPSA) is 77.5 Å². The molecule has 0 aromatic heterocycles. The van der Waals surface area contributed by atoms with E-state index in [1.54, 1.807) is 6.92 Å². The van der Waals surface area contributed by atoms with E-state index in [-0.39, 0.29) is 34.6 Å². The summed E-state index contributed by atoms with van der Waals surface area (Å²) >= 11 is 0. The molecule has 0 radical (unpaired) electrons. The Bertz CT molecular complexity index is 789. The highest BCUT2D eigenvalue weighted by atomic mass is 32.2. The molecule has 4 fully saturated rings. The lowest BCUT2D eigenvalue weighted by Crippen LogP contribution is -2.58. The van der Waals surface area contributed by atoms with E-state index >= 15 is 0 Å². The van der Waals surface area contributed by atoms with Gasteiger partial charge in [-0.1, -0.05) is 13.8 Å². The maximum Gasteiger partial charge on any atom is 0.264 e. The van der Waals surface area contributed by atoms with Gasteiger partial charge in [0.1, 0.15) is 11.6 Å². The summed E-state index contributed by atoms with van der Waals surface area (Å²) in [6.45, 7) is 6.15. The van der Waals surface area contributed by atoms with E-state index < -0.39 is 10.1 Å². The van der Waals surface area contributed by atoms with Crippen molar-refractivity contribution in [3.63, 3.8) is 0 Å². The van der Waals surface area contributed by atoms with Crippen LogP contribution in [0.3, 0.4) is 0 Å². The van der Waals surface area contributed by atoms with Gasteiger partial charge in [-0.25, -0.2) is 0 Å². The van der Waals surface area contributed by atoms with Crippen LogP contribution in [0.5, 0.6) is 0 Å². The molecule has 5 nitrogen and oxygen atoms in total. The van der Waals surface area contributed by atoms with Crippen molar-refractivity contribution in [1.82, 2.24) is 0 Å². The fourth-order valence-electron chi connectivity index (χ4n) is 8.04. The van der Waals surface area contributed by atoms with Crippen LogP contribution in [0, 0.1) is 40.4 Å². The van der Waals surface area contributed by atoms with E-state index in [2.05, 4.69) is 13.8 Å². The molecular weight excluding hydrogens is 376 g/mol. The Kier molecular flexibility index (Phi) is 4.86. The van der Waals surface area contributed by atoms with Crippen LogP contribution in [0.1, 0.15) is 72.1 Å². The summed E-state index contributed by atoms with van der Waals surface area (Å²) in [4.78, 5) is 25.7. The van der Waals surface area contributed by atoms with Crippen LogP contribution in [0.25, 0.3) is 0 Å². The molecule has 0 aromatic rings. The Morgan fingerprint density at radius 3 is 2.43 bits per heavy atom. The monoisotopic (exact) mass is 410 g/mol. The van der Waals surface area contributed by atoms with Crippen molar-refractivity contribution in [3.8, 4) is 0 Å². The molecule has 0 spiro atoms. The first kappa shape index (κ1) is 20.5. The van der Waals surface area contributed by atoms with Crippen molar-refractivity contribution < 1.29 is 22.2 Å². The predicted octanol–water partition coefficient (Wildman–Crippen LogP) is 3.76. The summed E-state index contributed by atoms with van der Waals surface area (Å²) in [6, 6.07) is 0. The summed E-state index contributed by atoms with van der Waals surface area (Å²) in [5, 5.41) is 0. The number of carbonyl (C=O) groups is 2. The van der Waals surface area contributed by atoms with Gasteiger partial charge in [0.2, 0.25) is 0 Å². The first-order valence-corrected chi connectivity index (χ1v) is 12.7. The first-order chi connectivity index (χ1) is 13.0. The first-order valence-electron chi connectivity index (χ1n) is 10.9. The van der Waals surface area contributed by atoms with Gasteiger partial charge in [-0.15, -0.1) is 0 Å². The quantitative estimate of drug-likeness (QED) is 0.662. The SMILES string of the molecule is CC(=O)[C@@H]1CC[C@@H]2[C@@H]3CC[C@@H]4C[C@H](OS(C)(=O)=O)CC[C@]4(C)[C@H]3C(=O)C[C@@]21C. The molecule has 0 aromatic carbocycles. The van der Waals surface area contributed by atoms with Crippen molar-refractivity contribution in [2.24, 2.45) is 40.4 Å². The molecule has 8 atom stereocenters. The van der Waals surface area contributed by atoms with E-state index in [4.69, 9.17) is 4.18 Å². The molecule has 0 saturated heterocycles. The summed E-state index contributed by atoms with van der Waals surface area (Å²) < 4.78 is 28.4. The van der Waals surface area contributed by atoms with Crippen molar-refractivity contribution >= 4 is 21.7 Å². The van der Waals surface area contributed by atoms with Crippen LogP contribution < -0.4 is 0 Å². The van der Waals surface area contributed by atoms with E-state index in [1.165, 1.54) is 0 Å². The van der Waals surface area contributed by atoms with Crippen LogP contribution in [-0.4, -0.2) is 32.3 Å². The van der Waals surface area contributed by atoms with Crippen LogP contribution >= 0.6 is 0 Å². The Morgan fingerprint density at radius 1 is 1.07 bits per heavy atom. The highest BCUT2D eigenvalue weighted by Gasteiger charge is 2.63. The number of carbonyl (C=O) groups excluding carboxylic acids is 2. The molecule has 0 aliphatic heterocycles. The minimum absolute atomic E-state index is 0.0341. The van der Waals surface area contributed by atoms with E-state index in [1.807, 2.05) is 0 Å². The van der Waals surface area contributed by atoms with E-state index in [0.717, 1.165) is 44.8 Å². The van der Waals surface area contributed by atoms with Gasteiger partial charge in [0.05, 0.1) is 12.4 Å². The summed E-state index contributed by atoms with van der Waals surface area (Å²) in [7, 11) is -3.45. The molecule has 4 aliphatic rings. The van der Waals surface area contributed by atoms with Gasteiger partial charge < -0.3 is 0 Å². The Morgan fingerprint density at radius 2 is 1.79 bits per heavy atom. The molecule has 4 rings (SSSR count). The lowest BCUT2D eigenvalue weighted by atomic mass is 9.44. The van der Waals surface area contributed by atoms with Gasteiger partial charge in [0.25, 0.3) is 10.1 Å². The summed E-state index contributed by atoms with van der Waals surface area (Å²) in [5.74, 6) is 1.88. The average Bonchev–Trinajstić information content (AvgIpc) is 2.90. The molecule has 0 heterocycles. The number of hydrogen-bond acceptors (Lipinski definition) is 5. The number of fused-ring (bicyclic) bond motifs is 5. The van der Waals surface area contributed by atoms with E-state index in [9.17, 15) is 18.0 Å². The summed E-state index contributed by atoms with van der Waals surface area (Å²) in [6.07, 6.45) is 7.74. The van der Waals surface area contributed by atoms with Gasteiger partial charge in [-0.3, -0.25) is 13.8 Å². The molecule has 4 saturated carbocycles. The van der Waals surface area contributed by atoms with Crippen molar-refractivity contribution in [1.29, 1.82) is 0 Å². The molecule has 6 heteroatoms. The number of Topliss-reactive ketones (excluding diaryl/α,β-unsaturated/α-hetero) is 2. The largest absolute Gasteiger partial charge is 0.300 e. The highest BCUT2D eigenvalue weighted by Crippen LogP contribution is 2.66. The van der Waals surface area contributed by atoms with Crippen molar-refractivity contribution in [3.05, 3.63) is 0 Å². The lowest BCUT2D eigenvalue weighted by molar-refractivity contribution is -0.161. The maximum absolute atomic E-state index is 13.5. The zero-order chi connectivity index (χ0) is 20.5. The Labute approximate surface area is 169 Å². The van der Waals surface area contributed by atoms with Gasteiger partial charge in [0, 0.05) is 18.3 Å². The van der Waals surface area contributed by atoms with Crippen LogP contribution in [-0.2, 0) is 23.9 Å². The van der Waals surface area contributed by atoms with Gasteiger partial charge in [-0.2, -0.15) is 8.42 Å². The fraction of sp³-hybridized carbons (Fsp3) is 0.909. The van der Waals surface area contributed by atoms with Crippen LogP contribution in [0.2, 0.25) is 0 Å². The Hall–Kier alpha value is -0.750. The van der Waals surface area contributed by atoms with Crippen LogP contribution in [0.15, 0.2) is 0 Å². The maximum atomic E-state index is 13.5. The van der Waals surface area contributed by atoms with Crippen molar-refractivity contribution in [2.45, 2.75) is 78.2 Å². The zero-order valence-corrected chi connectivity index (χ0v) is 18.4. The minimum atomic E-state index is -3.45. The second kappa shape index (κ2) is 6.63. The minimum Gasteiger partial charge on any atom is -0.300 e. The highest BCUT2D eigenvalue weighted by molar-refractivity contribution is 7.86. The molecule has 28 heavy (non-hydrogen) atoms. The fourth-order valence-corrected chi connectivity index (χ4v) is 8.71. The zero-order valence-electron chi connectivity index (χ0n) is 17.6. The third-order valence-corrected chi connectivity index (χ3v) is 9.72. The predicted molar refractivity (Wildman–Crippen MR) is 106 cm³/mol. The molecule has 0 N–H and O–H groups in total. The Balaban J connectivity index is 1.59. The second-order valence-electron chi connectivity index (χ2n) is 10.6. The molecule has 0 bridgehead atoms. The third kappa shape index (κ3) is 3.10. The molecule has 0 unspecified atom stereocenters. The standard InChI is InChI=1S/C22H34O5S/c1-13(23)17-7-8-18-16-6-5-14-11-15(27-28(4,25)26)9-10-21(14,2)20(16)19(24)12-22(17,18)3/h14-18,20H,5-12H2,1-4H3/t14-,15-,16+,17+,18-,20-,21+,22-/m1/s1. The third-order valence-electron chi connectivity index (χ3n) is 9.10. The number of rotatable bonds is 3. The molecule has 158 valence electrons. The number of hydrogen-bond donors (Lipinski definition) is 0. The second-order valence-corrected chi connectivity index (χ2v) is 12.2.